The normalized spacial score (nSPS) is 14.0. The summed E-state index contributed by atoms with van der Waals surface area (Å²) in [6, 6.07) is 0. The van der Waals surface area contributed by atoms with Crippen LogP contribution in [-0.2, 0) is 23.5 Å². The lowest BCUT2D eigenvalue weighted by atomic mass is 10.1. The minimum atomic E-state index is -2.15. The van der Waals surface area contributed by atoms with Gasteiger partial charge in [-0.25, -0.2) is 0 Å². The quantitative estimate of drug-likeness (QED) is 0.0597. The van der Waals surface area contributed by atoms with Gasteiger partial charge in [0.1, 0.15) is 0 Å². The lowest BCUT2D eigenvalue weighted by molar-refractivity contribution is -0.144. The number of hydrogen-bond acceptors (Lipinski definition) is 7. The summed E-state index contributed by atoms with van der Waals surface area (Å²) >= 11 is 0. The van der Waals surface area contributed by atoms with Gasteiger partial charge in [0.05, 0.1) is 32.2 Å². The second-order valence-corrected chi connectivity index (χ2v) is 14.5. The summed E-state index contributed by atoms with van der Waals surface area (Å²) in [7, 11) is -2.15. The molecule has 0 fully saturated rings. The highest BCUT2D eigenvalue weighted by Crippen LogP contribution is 2.38. The van der Waals surface area contributed by atoms with E-state index in [1.165, 1.54) is 0 Å². The lowest BCUT2D eigenvalue weighted by Gasteiger charge is -2.38. The van der Waals surface area contributed by atoms with Crippen molar-refractivity contribution < 1.29 is 28.6 Å². The second-order valence-electron chi connectivity index (χ2n) is 9.78. The van der Waals surface area contributed by atoms with Crippen molar-refractivity contribution in [1.29, 1.82) is 5.39 Å². The lowest BCUT2D eigenvalue weighted by Crippen LogP contribution is -2.43. The molecule has 0 aliphatic rings. The highest BCUT2D eigenvalue weighted by molar-refractivity contribution is 6.74. The maximum Gasteiger partial charge on any atom is 0.399 e. The van der Waals surface area contributed by atoms with Crippen LogP contribution in [0.3, 0.4) is 0 Å². The van der Waals surface area contributed by atoms with E-state index in [4.69, 9.17) is 13.9 Å². The molecule has 0 aliphatic carbocycles. The van der Waals surface area contributed by atoms with Crippen LogP contribution in [0.25, 0.3) is 4.98 Å². The number of aliphatic hydroxyl groups is 1. The minimum absolute atomic E-state index is 0.0137. The van der Waals surface area contributed by atoms with E-state index >= 15 is 0 Å². The van der Waals surface area contributed by atoms with Gasteiger partial charge in [-0.2, -0.15) is 0 Å². The number of nitrogens with zero attached hydrogens (tertiary/aromatic N) is 2. The van der Waals surface area contributed by atoms with Crippen molar-refractivity contribution >= 4 is 20.3 Å². The van der Waals surface area contributed by atoms with Gasteiger partial charge in [-0.15, -0.1) is 0 Å². The zero-order valence-corrected chi connectivity index (χ0v) is 23.6. The van der Waals surface area contributed by atoms with Crippen molar-refractivity contribution in [2.24, 2.45) is 0 Å². The number of unbranched alkanes of at least 4 members (excludes halogenated alkanes) is 2. The molecule has 0 saturated heterocycles. The molecule has 1 atom stereocenters. The fourth-order valence-electron chi connectivity index (χ4n) is 2.85. The first kappa shape index (κ1) is 32.6. The molecule has 0 spiro atoms. The molecule has 0 saturated carbocycles. The zero-order chi connectivity index (χ0) is 26.9. The molecule has 8 nitrogen and oxygen atoms in total. The number of carbonyl (C=O) groups is 2. The van der Waals surface area contributed by atoms with Crippen LogP contribution < -0.4 is 0 Å². The summed E-state index contributed by atoms with van der Waals surface area (Å²) in [6.07, 6.45) is 10.4. The van der Waals surface area contributed by atoms with Crippen molar-refractivity contribution in [1.82, 2.24) is 0 Å². The molecule has 35 heavy (non-hydrogen) atoms. The minimum Gasteiger partial charge on any atom is -0.505 e. The predicted molar refractivity (Wildman–Crippen MR) is 141 cm³/mol. The number of aliphatic hydroxyl groups excluding tert-OH is 1. The molecule has 9 heteroatoms. The Bertz CT molecular complexity index is 791. The SMILES string of the molecule is CCOC(=O)CCCC/C=C\C=C\C(C/C(O)=C(/CCC(=O)OCC)[N+]#N)O[Si](C)(C)C(C)(C)C. The average Bonchev–Trinajstić information content (AvgIpc) is 2.75. The van der Waals surface area contributed by atoms with Crippen molar-refractivity contribution in [3.05, 3.63) is 40.7 Å². The van der Waals surface area contributed by atoms with Crippen LogP contribution in [0.15, 0.2) is 35.8 Å². The van der Waals surface area contributed by atoms with E-state index in [1.807, 2.05) is 24.3 Å². The summed E-state index contributed by atoms with van der Waals surface area (Å²) in [5.74, 6) is -0.693. The van der Waals surface area contributed by atoms with Crippen LogP contribution in [0.2, 0.25) is 18.1 Å². The van der Waals surface area contributed by atoms with Gasteiger partial charge in [0.25, 0.3) is 0 Å². The molecule has 0 radical (unpaired) electrons. The Morgan fingerprint density at radius 2 is 1.60 bits per heavy atom. The Kier molecular flexibility index (Phi) is 15.9. The average molecular weight is 510 g/mol. The van der Waals surface area contributed by atoms with Gasteiger partial charge in [0, 0.05) is 12.8 Å². The first-order valence-corrected chi connectivity index (χ1v) is 15.4. The number of carbonyl (C=O) groups excluding carboxylic acids is 2. The molecule has 0 amide bonds. The molecule has 0 aliphatic heterocycles. The first-order valence-electron chi connectivity index (χ1n) is 12.5. The fourth-order valence-corrected chi connectivity index (χ4v) is 4.12. The van der Waals surface area contributed by atoms with Crippen LogP contribution in [0.1, 0.15) is 79.6 Å². The number of allylic oxidation sites excluding steroid dienone is 4. The van der Waals surface area contributed by atoms with Crippen molar-refractivity contribution in [3.63, 3.8) is 0 Å². The standard InChI is InChI=1S/C26H44N2O6Si/c1-8-32-24(30)17-15-13-11-10-12-14-16-21(34-35(6,7)26(3,4)5)20-23(29)22(28-27)18-19-25(31)33-9-2/h10,12,14,16,21H,8-9,11,13,15,17-20H2,1-7H3/p+1/b12-10-,16-14+,23-22+. The van der Waals surface area contributed by atoms with Crippen LogP contribution in [0.5, 0.6) is 0 Å². The topological polar surface area (TPSA) is 110 Å². The third kappa shape index (κ3) is 14.5. The Balaban J connectivity index is 5.22. The van der Waals surface area contributed by atoms with Crippen LogP contribution >= 0.6 is 0 Å². The Labute approximate surface area is 212 Å². The third-order valence-corrected chi connectivity index (χ3v) is 10.4. The van der Waals surface area contributed by atoms with Gasteiger partial charge in [-0.05, 0) is 51.2 Å². The van der Waals surface area contributed by atoms with E-state index in [2.05, 4.69) is 38.8 Å². The summed E-state index contributed by atoms with van der Waals surface area (Å²) in [5.41, 5.74) is 0.0485. The van der Waals surface area contributed by atoms with Gasteiger partial charge in [-0.1, -0.05) is 45.1 Å². The number of rotatable bonds is 16. The van der Waals surface area contributed by atoms with Gasteiger partial charge in [0.2, 0.25) is 5.39 Å². The smallest absolute Gasteiger partial charge is 0.399 e. The van der Waals surface area contributed by atoms with Gasteiger partial charge in [0.15, 0.2) is 19.1 Å². The van der Waals surface area contributed by atoms with Gasteiger partial charge in [-0.3, -0.25) is 9.59 Å². The number of esters is 2. The Hall–Kier alpha value is -2.44. The molecule has 0 aromatic rings. The summed E-state index contributed by atoms with van der Waals surface area (Å²) < 4.78 is 16.3. The van der Waals surface area contributed by atoms with E-state index in [1.54, 1.807) is 13.8 Å². The molecule has 0 aromatic carbocycles. The molecular formula is C26H45N2O6Si+. The van der Waals surface area contributed by atoms with E-state index in [-0.39, 0.29) is 48.3 Å². The van der Waals surface area contributed by atoms with E-state index in [0.717, 1.165) is 19.3 Å². The summed E-state index contributed by atoms with van der Waals surface area (Å²) in [4.78, 5) is 26.2. The van der Waals surface area contributed by atoms with Crippen molar-refractivity contribution in [2.45, 2.75) is 104 Å². The largest absolute Gasteiger partial charge is 0.505 e. The number of hydrogen-bond donors (Lipinski definition) is 1. The van der Waals surface area contributed by atoms with Crippen LogP contribution in [-0.4, -0.2) is 44.7 Å². The number of diazo groups is 1. The van der Waals surface area contributed by atoms with Crippen LogP contribution in [0.4, 0.5) is 0 Å². The highest BCUT2D eigenvalue weighted by atomic mass is 28.4. The van der Waals surface area contributed by atoms with Crippen LogP contribution in [0, 0.1) is 5.39 Å². The molecular weight excluding hydrogens is 464 g/mol. The molecule has 0 rings (SSSR count). The maximum absolute atomic E-state index is 11.6. The first-order chi connectivity index (χ1) is 16.4. The second kappa shape index (κ2) is 17.1. The zero-order valence-electron chi connectivity index (χ0n) is 22.6. The van der Waals surface area contributed by atoms with Gasteiger partial charge < -0.3 is 19.0 Å². The molecule has 198 valence electrons. The molecule has 1 N–H and O–H groups in total. The molecule has 1 unspecified atom stereocenters. The molecule has 0 bridgehead atoms. The Morgan fingerprint density at radius 1 is 1.00 bits per heavy atom. The van der Waals surface area contributed by atoms with Crippen molar-refractivity contribution in [2.75, 3.05) is 13.2 Å². The fraction of sp³-hybridized carbons (Fsp3) is 0.692. The van der Waals surface area contributed by atoms with E-state index in [0.29, 0.717) is 13.0 Å². The van der Waals surface area contributed by atoms with Gasteiger partial charge >= 0.3 is 17.6 Å². The molecule has 0 heterocycles. The number of ether oxygens (including phenoxy) is 2. The Morgan fingerprint density at radius 3 is 2.14 bits per heavy atom. The predicted octanol–water partition coefficient (Wildman–Crippen LogP) is 6.97. The highest BCUT2D eigenvalue weighted by Gasteiger charge is 2.39. The third-order valence-electron chi connectivity index (χ3n) is 5.85. The van der Waals surface area contributed by atoms with Crippen molar-refractivity contribution in [3.8, 4) is 0 Å². The maximum atomic E-state index is 11.6. The summed E-state index contributed by atoms with van der Waals surface area (Å²) in [6.45, 7) is 14.9. The molecule has 0 aromatic heterocycles. The monoisotopic (exact) mass is 509 g/mol. The van der Waals surface area contributed by atoms with E-state index in [9.17, 15) is 20.1 Å². The summed E-state index contributed by atoms with van der Waals surface area (Å²) in [5, 5.41) is 20.0. The van der Waals surface area contributed by atoms with E-state index < -0.39 is 20.4 Å².